The quantitative estimate of drug-likeness (QED) is 0.380. The first-order valence-corrected chi connectivity index (χ1v) is 8.78. The number of aliphatic hydroxyl groups excluding tert-OH is 2. The number of sulfonamides is 1. The third kappa shape index (κ3) is 2.87. The predicted octanol–water partition coefficient (Wildman–Crippen LogP) is -2.84. The van der Waals surface area contributed by atoms with Crippen LogP contribution in [0.2, 0.25) is 0 Å². The van der Waals surface area contributed by atoms with Crippen molar-refractivity contribution >= 4 is 33.0 Å². The summed E-state index contributed by atoms with van der Waals surface area (Å²) < 4.78 is 31.4. The summed E-state index contributed by atoms with van der Waals surface area (Å²) in [6.45, 7) is -0.211. The van der Waals surface area contributed by atoms with Crippen LogP contribution in [0.1, 0.15) is 6.23 Å². The van der Waals surface area contributed by atoms with Crippen LogP contribution >= 0.6 is 0 Å². The lowest BCUT2D eigenvalue weighted by atomic mass is 10.1. The Balaban J connectivity index is 1.93. The van der Waals surface area contributed by atoms with Crippen LogP contribution in [-0.4, -0.2) is 69.3 Å². The second kappa shape index (κ2) is 5.78. The fourth-order valence-electron chi connectivity index (χ4n) is 2.54. The van der Waals surface area contributed by atoms with Crippen molar-refractivity contribution in [2.45, 2.75) is 24.5 Å². The van der Waals surface area contributed by atoms with Crippen LogP contribution in [-0.2, 0) is 14.8 Å². The molecule has 1 aliphatic rings. The maximum Gasteiger partial charge on any atom is 0.208 e. The van der Waals surface area contributed by atoms with Crippen LogP contribution < -0.4 is 16.2 Å². The summed E-state index contributed by atoms with van der Waals surface area (Å²) in [6, 6.07) is 0. The summed E-state index contributed by atoms with van der Waals surface area (Å²) in [6.07, 6.45) is -2.60. The molecule has 1 aliphatic heterocycles. The van der Waals surface area contributed by atoms with Crippen molar-refractivity contribution in [3.05, 3.63) is 6.33 Å². The summed E-state index contributed by atoms with van der Waals surface area (Å²) in [5, 5.41) is 20.4. The highest BCUT2D eigenvalue weighted by Crippen LogP contribution is 2.34. The van der Waals surface area contributed by atoms with Crippen molar-refractivity contribution in [3.63, 3.8) is 0 Å². The molecule has 0 radical (unpaired) electrons. The third-order valence-electron chi connectivity index (χ3n) is 3.67. The van der Waals surface area contributed by atoms with Crippen molar-refractivity contribution in [1.82, 2.24) is 24.2 Å². The normalized spacial score (nSPS) is 27.8. The van der Waals surface area contributed by atoms with Gasteiger partial charge in [-0.15, -0.1) is 0 Å². The van der Waals surface area contributed by atoms with Gasteiger partial charge >= 0.3 is 0 Å². The zero-order chi connectivity index (χ0) is 17.6. The Morgan fingerprint density at radius 2 is 2.04 bits per heavy atom. The molecule has 0 bridgehead atoms. The lowest BCUT2D eigenvalue weighted by Gasteiger charge is -2.17. The monoisotopic (exact) mass is 359 g/mol. The van der Waals surface area contributed by atoms with Gasteiger partial charge in [-0.25, -0.2) is 28.1 Å². The molecule has 0 aromatic carbocycles. The minimum Gasteiger partial charge on any atom is -0.387 e. The number of nitrogen functional groups attached to an aromatic ring is 2. The Hall–Kier alpha value is -2.06. The minimum atomic E-state index is -3.48. The average molecular weight is 359 g/mol. The second-order valence-corrected chi connectivity index (χ2v) is 7.27. The van der Waals surface area contributed by atoms with Gasteiger partial charge in [-0.2, -0.15) is 0 Å². The molecule has 7 N–H and O–H groups in total. The maximum atomic E-state index is 11.2. The molecule has 0 spiro atoms. The van der Waals surface area contributed by atoms with Crippen molar-refractivity contribution in [2.24, 2.45) is 0 Å². The number of nitrogens with two attached hydrogens (primary N) is 2. The molecule has 3 rings (SSSR count). The van der Waals surface area contributed by atoms with Crippen LogP contribution in [0.15, 0.2) is 6.33 Å². The molecule has 132 valence electrons. The van der Waals surface area contributed by atoms with Crippen LogP contribution in [0.5, 0.6) is 0 Å². The largest absolute Gasteiger partial charge is 0.387 e. The molecule has 12 nitrogen and oxygen atoms in total. The number of hydrogen-bond donors (Lipinski definition) is 5. The zero-order valence-corrected chi connectivity index (χ0v) is 13.4. The van der Waals surface area contributed by atoms with E-state index in [0.29, 0.717) is 0 Å². The van der Waals surface area contributed by atoms with E-state index >= 15 is 0 Å². The van der Waals surface area contributed by atoms with Gasteiger partial charge in [0.15, 0.2) is 23.2 Å². The Kier molecular flexibility index (Phi) is 4.05. The van der Waals surface area contributed by atoms with Crippen molar-refractivity contribution in [1.29, 1.82) is 0 Å². The van der Waals surface area contributed by atoms with E-state index in [4.69, 9.17) is 16.2 Å². The number of ether oxygens (including phenoxy) is 1. The van der Waals surface area contributed by atoms with Gasteiger partial charge < -0.3 is 26.4 Å². The number of aliphatic hydroxyl groups is 2. The molecule has 1 saturated heterocycles. The standard InChI is InChI=1S/C11H17N7O5S/c1-24(21,22)16-2-4-6(19)7(20)10(23-4)18-9-5(17-11(18)13)8(12)14-3-15-9/h3-4,6-7,10,16,19-20H,2H2,1H3,(H2,13,17)(H2,12,14,15)/t4-,6-,7-,10-/m1/s1. The van der Waals surface area contributed by atoms with E-state index < -0.39 is 34.6 Å². The van der Waals surface area contributed by atoms with E-state index in [1.54, 1.807) is 0 Å². The molecular weight excluding hydrogens is 342 g/mol. The Morgan fingerprint density at radius 3 is 2.71 bits per heavy atom. The molecule has 24 heavy (non-hydrogen) atoms. The number of anilines is 2. The minimum absolute atomic E-state index is 0.0369. The molecule has 0 aliphatic carbocycles. The van der Waals surface area contributed by atoms with Crippen molar-refractivity contribution in [3.8, 4) is 0 Å². The van der Waals surface area contributed by atoms with Crippen LogP contribution in [0.25, 0.3) is 11.2 Å². The lowest BCUT2D eigenvalue weighted by molar-refractivity contribution is -0.0316. The summed E-state index contributed by atoms with van der Waals surface area (Å²) in [7, 11) is -3.48. The highest BCUT2D eigenvalue weighted by Gasteiger charge is 2.45. The molecule has 2 aromatic heterocycles. The predicted molar refractivity (Wildman–Crippen MR) is 82.9 cm³/mol. The Labute approximate surface area is 136 Å². The topological polar surface area (TPSA) is 192 Å². The van der Waals surface area contributed by atoms with Gasteiger partial charge in [0, 0.05) is 6.54 Å². The molecule has 0 unspecified atom stereocenters. The maximum absolute atomic E-state index is 11.2. The van der Waals surface area contributed by atoms with Gasteiger partial charge in [0.2, 0.25) is 16.0 Å². The number of hydrogen-bond acceptors (Lipinski definition) is 10. The number of aromatic nitrogens is 4. The van der Waals surface area contributed by atoms with E-state index in [0.717, 1.165) is 6.26 Å². The first kappa shape index (κ1) is 16.8. The number of imidazole rings is 1. The molecule has 0 saturated carbocycles. The number of fused-ring (bicyclic) bond motifs is 1. The number of nitrogens with zero attached hydrogens (tertiary/aromatic N) is 4. The van der Waals surface area contributed by atoms with E-state index in [1.165, 1.54) is 10.9 Å². The summed E-state index contributed by atoms with van der Waals surface area (Å²) in [5.74, 6) is 0.0685. The first-order chi connectivity index (χ1) is 11.2. The van der Waals surface area contributed by atoms with E-state index in [9.17, 15) is 18.6 Å². The van der Waals surface area contributed by atoms with Gasteiger partial charge in [0.1, 0.15) is 24.6 Å². The second-order valence-electron chi connectivity index (χ2n) is 5.44. The van der Waals surface area contributed by atoms with E-state index in [2.05, 4.69) is 19.7 Å². The van der Waals surface area contributed by atoms with E-state index in [1.807, 2.05) is 0 Å². The summed E-state index contributed by atoms with van der Waals surface area (Å²) in [4.78, 5) is 11.9. The molecule has 2 aromatic rings. The van der Waals surface area contributed by atoms with Crippen LogP contribution in [0.3, 0.4) is 0 Å². The van der Waals surface area contributed by atoms with Gasteiger partial charge in [-0.1, -0.05) is 0 Å². The van der Waals surface area contributed by atoms with E-state index in [-0.39, 0.29) is 29.5 Å². The van der Waals surface area contributed by atoms with Gasteiger partial charge in [0.25, 0.3) is 0 Å². The smallest absolute Gasteiger partial charge is 0.208 e. The molecule has 0 amide bonds. The van der Waals surface area contributed by atoms with Crippen molar-refractivity contribution < 1.29 is 23.4 Å². The van der Waals surface area contributed by atoms with Crippen molar-refractivity contribution in [2.75, 3.05) is 24.3 Å². The molecule has 4 atom stereocenters. The molecule has 3 heterocycles. The zero-order valence-electron chi connectivity index (χ0n) is 12.6. The first-order valence-electron chi connectivity index (χ1n) is 6.89. The fourth-order valence-corrected chi connectivity index (χ4v) is 3.01. The van der Waals surface area contributed by atoms with Crippen LogP contribution in [0.4, 0.5) is 11.8 Å². The summed E-state index contributed by atoms with van der Waals surface area (Å²) >= 11 is 0. The molecular formula is C11H17N7O5S. The van der Waals surface area contributed by atoms with Gasteiger partial charge in [-0.05, 0) is 0 Å². The van der Waals surface area contributed by atoms with Gasteiger partial charge in [-0.3, -0.25) is 4.57 Å². The highest BCUT2D eigenvalue weighted by molar-refractivity contribution is 7.88. The van der Waals surface area contributed by atoms with Gasteiger partial charge in [0.05, 0.1) is 6.26 Å². The summed E-state index contributed by atoms with van der Waals surface area (Å²) in [5.41, 5.74) is 12.0. The average Bonchev–Trinajstić information content (AvgIpc) is 2.96. The Morgan fingerprint density at radius 1 is 1.33 bits per heavy atom. The third-order valence-corrected chi connectivity index (χ3v) is 4.36. The Bertz CT molecular complexity index is 869. The lowest BCUT2D eigenvalue weighted by Crippen LogP contribution is -2.39. The fraction of sp³-hybridized carbons (Fsp3) is 0.545. The highest BCUT2D eigenvalue weighted by atomic mass is 32.2. The van der Waals surface area contributed by atoms with Crippen LogP contribution in [0, 0.1) is 0 Å². The number of nitrogens with one attached hydrogen (secondary N) is 1. The number of rotatable bonds is 4. The SMILES string of the molecule is CS(=O)(=O)NC[C@H]1O[C@@H](n2c(N)nc3c(N)ncnc32)[C@H](O)[C@@H]1O. The molecule has 13 heteroatoms. The molecule has 1 fully saturated rings.